The first-order chi connectivity index (χ1) is 11.5. The molecule has 3 rings (SSSR count). The largest absolute Gasteiger partial charge is 0.358 e. The van der Waals surface area contributed by atoms with E-state index in [2.05, 4.69) is 26.2 Å². The van der Waals surface area contributed by atoms with Crippen LogP contribution in [0.3, 0.4) is 0 Å². The molecule has 0 bridgehead atoms. The Morgan fingerprint density at radius 1 is 1.38 bits per heavy atom. The zero-order chi connectivity index (χ0) is 17.3. The van der Waals surface area contributed by atoms with E-state index in [1.54, 1.807) is 4.90 Å². The maximum Gasteiger partial charge on any atom is 0.287 e. The minimum absolute atomic E-state index is 0.0307. The average Bonchev–Trinajstić information content (AvgIpc) is 2.91. The van der Waals surface area contributed by atoms with E-state index in [1.165, 1.54) is 18.3 Å². The van der Waals surface area contributed by atoms with Crippen molar-refractivity contribution in [2.24, 2.45) is 0 Å². The van der Waals surface area contributed by atoms with Gasteiger partial charge in [0, 0.05) is 22.8 Å². The molecule has 1 saturated heterocycles. The molecule has 2 aromatic rings. The molecule has 24 heavy (non-hydrogen) atoms. The lowest BCUT2D eigenvalue weighted by molar-refractivity contribution is -0.385. The van der Waals surface area contributed by atoms with Gasteiger partial charge in [-0.2, -0.15) is 0 Å². The van der Waals surface area contributed by atoms with Gasteiger partial charge in [0.2, 0.25) is 5.91 Å². The van der Waals surface area contributed by atoms with Crippen LogP contribution in [0.4, 0.5) is 17.2 Å². The third-order valence-electron chi connectivity index (χ3n) is 3.94. The van der Waals surface area contributed by atoms with Gasteiger partial charge >= 0.3 is 0 Å². The Bertz CT molecular complexity index is 794. The minimum atomic E-state index is -0.505. The number of benzene rings is 1. The topological polar surface area (TPSA) is 88.4 Å². The number of carbonyl (C=O) groups excluding carboxylic acids is 1. The first kappa shape index (κ1) is 16.4. The molecule has 1 N–H and O–H groups in total. The standard InChI is InChI=1S/C16H15BrN4O3/c1-10-8-11(2-4-13(10)17)20-7-6-14(16(20)22)19-15-5-3-12(9-18-15)21(23)24/h2-5,8-9,14H,6-7H2,1H3,(H,18,19). The summed E-state index contributed by atoms with van der Waals surface area (Å²) < 4.78 is 1.00. The number of anilines is 2. The van der Waals surface area contributed by atoms with E-state index in [-0.39, 0.29) is 17.6 Å². The van der Waals surface area contributed by atoms with E-state index >= 15 is 0 Å². The number of aryl methyl sites for hydroxylation is 1. The molecule has 1 atom stereocenters. The molecule has 124 valence electrons. The van der Waals surface area contributed by atoms with Gasteiger partial charge in [0.25, 0.3) is 5.69 Å². The molecule has 1 unspecified atom stereocenters. The summed E-state index contributed by atoms with van der Waals surface area (Å²) in [6, 6.07) is 8.29. The van der Waals surface area contributed by atoms with E-state index in [1.807, 2.05) is 25.1 Å². The average molecular weight is 391 g/mol. The highest BCUT2D eigenvalue weighted by atomic mass is 79.9. The van der Waals surface area contributed by atoms with Crippen LogP contribution >= 0.6 is 15.9 Å². The van der Waals surface area contributed by atoms with Crippen molar-refractivity contribution in [2.75, 3.05) is 16.8 Å². The highest BCUT2D eigenvalue weighted by Crippen LogP contribution is 2.27. The summed E-state index contributed by atoms with van der Waals surface area (Å²) in [4.78, 5) is 28.5. The van der Waals surface area contributed by atoms with Gasteiger partial charge in [-0.05, 0) is 43.2 Å². The van der Waals surface area contributed by atoms with Crippen molar-refractivity contribution in [1.82, 2.24) is 4.98 Å². The Morgan fingerprint density at radius 3 is 2.79 bits per heavy atom. The van der Waals surface area contributed by atoms with Crippen molar-refractivity contribution in [2.45, 2.75) is 19.4 Å². The third-order valence-corrected chi connectivity index (χ3v) is 4.83. The maximum absolute atomic E-state index is 12.6. The first-order valence-electron chi connectivity index (χ1n) is 7.40. The number of hydrogen-bond acceptors (Lipinski definition) is 5. The van der Waals surface area contributed by atoms with Crippen LogP contribution in [0.1, 0.15) is 12.0 Å². The number of pyridine rings is 1. The van der Waals surface area contributed by atoms with Crippen LogP contribution in [-0.2, 0) is 4.79 Å². The molecule has 0 radical (unpaired) electrons. The molecular formula is C16H15BrN4O3. The second-order valence-corrected chi connectivity index (χ2v) is 6.42. The van der Waals surface area contributed by atoms with E-state index in [9.17, 15) is 14.9 Å². The lowest BCUT2D eigenvalue weighted by Gasteiger charge is -2.18. The smallest absolute Gasteiger partial charge is 0.287 e. The summed E-state index contributed by atoms with van der Waals surface area (Å²) in [5.74, 6) is 0.421. The second kappa shape index (κ2) is 6.56. The van der Waals surface area contributed by atoms with Crippen molar-refractivity contribution in [3.8, 4) is 0 Å². The Hall–Kier alpha value is -2.48. The minimum Gasteiger partial charge on any atom is -0.358 e. The fourth-order valence-corrected chi connectivity index (χ4v) is 2.87. The van der Waals surface area contributed by atoms with Gasteiger partial charge in [-0.25, -0.2) is 4.98 Å². The van der Waals surface area contributed by atoms with Crippen molar-refractivity contribution in [3.63, 3.8) is 0 Å². The summed E-state index contributed by atoms with van der Waals surface area (Å²) in [5.41, 5.74) is 1.85. The Balaban J connectivity index is 1.71. The van der Waals surface area contributed by atoms with Crippen molar-refractivity contribution in [3.05, 3.63) is 56.7 Å². The van der Waals surface area contributed by atoms with Crippen LogP contribution in [0.5, 0.6) is 0 Å². The predicted octanol–water partition coefficient (Wildman–Crippen LogP) is 3.28. The predicted molar refractivity (Wildman–Crippen MR) is 94.2 cm³/mol. The van der Waals surface area contributed by atoms with E-state index < -0.39 is 4.92 Å². The Morgan fingerprint density at radius 2 is 2.17 bits per heavy atom. The summed E-state index contributed by atoms with van der Waals surface area (Å²) in [7, 11) is 0. The van der Waals surface area contributed by atoms with Gasteiger partial charge in [-0.15, -0.1) is 0 Å². The Labute approximate surface area is 147 Å². The highest BCUT2D eigenvalue weighted by molar-refractivity contribution is 9.10. The van der Waals surface area contributed by atoms with Crippen LogP contribution < -0.4 is 10.2 Å². The van der Waals surface area contributed by atoms with Gasteiger partial charge in [-0.3, -0.25) is 14.9 Å². The molecule has 8 heteroatoms. The molecule has 2 heterocycles. The van der Waals surface area contributed by atoms with Crippen molar-refractivity contribution >= 4 is 39.0 Å². The molecule has 0 spiro atoms. The molecule has 1 aliphatic rings. The molecule has 1 aromatic carbocycles. The molecule has 1 aromatic heterocycles. The molecular weight excluding hydrogens is 376 g/mol. The zero-order valence-electron chi connectivity index (χ0n) is 12.9. The molecule has 1 aliphatic heterocycles. The van der Waals surface area contributed by atoms with Gasteiger partial charge in [0.05, 0.1) is 4.92 Å². The number of hydrogen-bond donors (Lipinski definition) is 1. The van der Waals surface area contributed by atoms with Crippen LogP contribution in [0.15, 0.2) is 41.0 Å². The van der Waals surface area contributed by atoms with E-state index in [4.69, 9.17) is 0 Å². The second-order valence-electron chi connectivity index (χ2n) is 5.57. The fraction of sp³-hybridized carbons (Fsp3) is 0.250. The molecule has 1 amide bonds. The third kappa shape index (κ3) is 3.23. The van der Waals surface area contributed by atoms with Gasteiger partial charge in [0.15, 0.2) is 0 Å². The molecule has 0 aliphatic carbocycles. The van der Waals surface area contributed by atoms with Crippen molar-refractivity contribution in [1.29, 1.82) is 0 Å². The van der Waals surface area contributed by atoms with Crippen molar-refractivity contribution < 1.29 is 9.72 Å². The molecule has 7 nitrogen and oxygen atoms in total. The molecule has 1 fully saturated rings. The van der Waals surface area contributed by atoms with Crippen LogP contribution in [-0.4, -0.2) is 28.4 Å². The quantitative estimate of drug-likeness (QED) is 0.638. The lowest BCUT2D eigenvalue weighted by Crippen LogP contribution is -2.33. The number of halogens is 1. The maximum atomic E-state index is 12.6. The Kier molecular flexibility index (Phi) is 4.48. The lowest BCUT2D eigenvalue weighted by atomic mass is 10.2. The summed E-state index contributed by atoms with van der Waals surface area (Å²) in [6.45, 7) is 2.59. The number of nitro groups is 1. The zero-order valence-corrected chi connectivity index (χ0v) is 14.5. The van der Waals surface area contributed by atoms with Gasteiger partial charge < -0.3 is 10.2 Å². The molecule has 0 saturated carbocycles. The summed E-state index contributed by atoms with van der Waals surface area (Å²) in [5, 5.41) is 13.7. The number of carbonyl (C=O) groups is 1. The van der Waals surface area contributed by atoms with Crippen LogP contribution in [0.25, 0.3) is 0 Å². The normalized spacial score (nSPS) is 17.2. The van der Waals surface area contributed by atoms with E-state index in [0.717, 1.165) is 15.7 Å². The first-order valence-corrected chi connectivity index (χ1v) is 8.19. The monoisotopic (exact) mass is 390 g/mol. The summed E-state index contributed by atoms with van der Waals surface area (Å²) in [6.07, 6.45) is 1.82. The van der Waals surface area contributed by atoms with E-state index in [0.29, 0.717) is 18.8 Å². The van der Waals surface area contributed by atoms with Gasteiger partial charge in [0.1, 0.15) is 18.1 Å². The number of nitrogens with one attached hydrogen (secondary N) is 1. The summed E-state index contributed by atoms with van der Waals surface area (Å²) >= 11 is 3.45. The number of aromatic nitrogens is 1. The van der Waals surface area contributed by atoms with Crippen LogP contribution in [0.2, 0.25) is 0 Å². The van der Waals surface area contributed by atoms with Crippen LogP contribution in [0, 0.1) is 17.0 Å². The SMILES string of the molecule is Cc1cc(N2CCC(Nc3ccc([N+](=O)[O-])cn3)C2=O)ccc1Br. The highest BCUT2D eigenvalue weighted by Gasteiger charge is 2.32. The number of rotatable bonds is 4. The number of amides is 1. The fourth-order valence-electron chi connectivity index (χ4n) is 2.62. The van der Waals surface area contributed by atoms with Gasteiger partial charge in [-0.1, -0.05) is 15.9 Å². The number of nitrogens with zero attached hydrogens (tertiary/aromatic N) is 3.